The lowest BCUT2D eigenvalue weighted by Gasteiger charge is -2.36. The molecule has 0 bridgehead atoms. The molecular formula is C26H42N2O3. The second kappa shape index (κ2) is 11.5. The van der Waals surface area contributed by atoms with Gasteiger partial charge in [0.2, 0.25) is 5.91 Å². The molecule has 0 N–H and O–H groups in total. The van der Waals surface area contributed by atoms with Crippen LogP contribution in [0.3, 0.4) is 0 Å². The van der Waals surface area contributed by atoms with Crippen LogP contribution in [0.15, 0.2) is 24.3 Å². The highest BCUT2D eigenvalue weighted by molar-refractivity contribution is 5.96. The molecule has 0 unspecified atom stereocenters. The highest BCUT2D eigenvalue weighted by atomic mass is 16.5. The number of hydrogen-bond acceptors (Lipinski definition) is 3. The molecule has 2 rings (SSSR count). The Morgan fingerprint density at radius 1 is 1.10 bits per heavy atom. The SMILES string of the molecule is CCN1CCCCCCN(C(=O)CC(C)(C)C)[C@@H](C(C)C)COc2ccccc2C1=O. The van der Waals surface area contributed by atoms with E-state index in [2.05, 4.69) is 34.6 Å². The average molecular weight is 431 g/mol. The smallest absolute Gasteiger partial charge is 0.257 e. The Balaban J connectivity index is 2.34. The zero-order valence-electron chi connectivity index (χ0n) is 20.4. The number of ether oxygens (including phenoxy) is 1. The molecule has 0 aliphatic carbocycles. The summed E-state index contributed by atoms with van der Waals surface area (Å²) in [5.74, 6) is 1.09. The first-order valence-electron chi connectivity index (χ1n) is 11.9. The molecule has 174 valence electrons. The minimum atomic E-state index is -0.0544. The summed E-state index contributed by atoms with van der Waals surface area (Å²) in [4.78, 5) is 30.4. The Hall–Kier alpha value is -2.04. The lowest BCUT2D eigenvalue weighted by Crippen LogP contribution is -2.48. The molecule has 5 heteroatoms. The van der Waals surface area contributed by atoms with Gasteiger partial charge in [-0.15, -0.1) is 0 Å². The van der Waals surface area contributed by atoms with E-state index >= 15 is 0 Å². The van der Waals surface area contributed by atoms with Crippen LogP contribution in [0.2, 0.25) is 0 Å². The number of para-hydroxylation sites is 1. The molecule has 1 aromatic carbocycles. The van der Waals surface area contributed by atoms with Crippen LogP contribution in [0.1, 0.15) is 84.0 Å². The highest BCUT2D eigenvalue weighted by Crippen LogP contribution is 2.26. The van der Waals surface area contributed by atoms with Crippen LogP contribution in [-0.2, 0) is 4.79 Å². The quantitative estimate of drug-likeness (QED) is 0.646. The van der Waals surface area contributed by atoms with Gasteiger partial charge in [-0.05, 0) is 43.2 Å². The minimum Gasteiger partial charge on any atom is -0.491 e. The van der Waals surface area contributed by atoms with Gasteiger partial charge in [0.05, 0.1) is 11.6 Å². The molecule has 0 fully saturated rings. The fraction of sp³-hybridized carbons (Fsp3) is 0.692. The highest BCUT2D eigenvalue weighted by Gasteiger charge is 2.30. The maximum atomic E-state index is 13.3. The predicted octanol–water partition coefficient (Wildman–Crippen LogP) is 5.39. The normalized spacial score (nSPS) is 19.6. The first-order valence-corrected chi connectivity index (χ1v) is 11.9. The lowest BCUT2D eigenvalue weighted by molar-refractivity contribution is -0.137. The first-order chi connectivity index (χ1) is 14.6. The summed E-state index contributed by atoms with van der Waals surface area (Å²) in [7, 11) is 0. The molecular weight excluding hydrogens is 388 g/mol. The summed E-state index contributed by atoms with van der Waals surface area (Å²) in [5.41, 5.74) is 0.553. The van der Waals surface area contributed by atoms with Crippen LogP contribution < -0.4 is 4.74 Å². The molecule has 1 heterocycles. The van der Waals surface area contributed by atoms with Crippen LogP contribution in [0, 0.1) is 11.3 Å². The molecule has 31 heavy (non-hydrogen) atoms. The van der Waals surface area contributed by atoms with Crippen LogP contribution in [-0.4, -0.2) is 53.9 Å². The molecule has 0 aromatic heterocycles. The number of carbonyl (C=O) groups is 2. The Morgan fingerprint density at radius 2 is 1.74 bits per heavy atom. The van der Waals surface area contributed by atoms with E-state index < -0.39 is 0 Å². The molecule has 5 nitrogen and oxygen atoms in total. The van der Waals surface area contributed by atoms with Gasteiger partial charge in [0.15, 0.2) is 0 Å². The van der Waals surface area contributed by atoms with E-state index in [9.17, 15) is 9.59 Å². The van der Waals surface area contributed by atoms with E-state index in [1.807, 2.05) is 41.0 Å². The van der Waals surface area contributed by atoms with Gasteiger partial charge in [0, 0.05) is 26.1 Å². The van der Waals surface area contributed by atoms with Crippen molar-refractivity contribution in [3.8, 4) is 5.75 Å². The van der Waals surface area contributed by atoms with Crippen molar-refractivity contribution >= 4 is 11.8 Å². The minimum absolute atomic E-state index is 0.0248. The topological polar surface area (TPSA) is 49.9 Å². The van der Waals surface area contributed by atoms with Crippen LogP contribution in [0.5, 0.6) is 5.75 Å². The van der Waals surface area contributed by atoms with Crippen molar-refractivity contribution in [2.45, 2.75) is 79.7 Å². The fourth-order valence-corrected chi connectivity index (χ4v) is 4.13. The van der Waals surface area contributed by atoms with Gasteiger partial charge in [-0.1, -0.05) is 59.6 Å². The zero-order valence-corrected chi connectivity index (χ0v) is 20.4. The Bertz CT molecular complexity index is 724. The monoisotopic (exact) mass is 430 g/mol. The largest absolute Gasteiger partial charge is 0.491 e. The van der Waals surface area contributed by atoms with Crippen LogP contribution >= 0.6 is 0 Å². The number of nitrogens with zero attached hydrogens (tertiary/aromatic N) is 2. The third kappa shape index (κ3) is 7.55. The maximum absolute atomic E-state index is 13.3. The number of hydrogen-bond donors (Lipinski definition) is 0. The van der Waals surface area contributed by atoms with Crippen molar-refractivity contribution in [2.24, 2.45) is 11.3 Å². The van der Waals surface area contributed by atoms with Crippen LogP contribution in [0.25, 0.3) is 0 Å². The van der Waals surface area contributed by atoms with Crippen LogP contribution in [0.4, 0.5) is 0 Å². The first kappa shape index (κ1) is 25.2. The van der Waals surface area contributed by atoms with E-state index in [1.54, 1.807) is 0 Å². The third-order valence-electron chi connectivity index (χ3n) is 5.94. The van der Waals surface area contributed by atoms with E-state index in [4.69, 9.17) is 4.74 Å². The number of benzene rings is 1. The van der Waals surface area contributed by atoms with Gasteiger partial charge < -0.3 is 14.5 Å². The maximum Gasteiger partial charge on any atom is 0.257 e. The van der Waals surface area contributed by atoms with E-state index in [0.717, 1.165) is 38.8 Å². The fourth-order valence-electron chi connectivity index (χ4n) is 4.13. The summed E-state index contributed by atoms with van der Waals surface area (Å²) in [6.45, 7) is 15.2. The van der Waals surface area contributed by atoms with Gasteiger partial charge in [-0.25, -0.2) is 0 Å². The van der Waals surface area contributed by atoms with Crippen molar-refractivity contribution in [2.75, 3.05) is 26.2 Å². The molecule has 1 aromatic rings. The Labute approximate surface area is 189 Å². The van der Waals surface area contributed by atoms with Gasteiger partial charge >= 0.3 is 0 Å². The van der Waals surface area contributed by atoms with E-state index in [0.29, 0.717) is 30.9 Å². The van der Waals surface area contributed by atoms with Gasteiger partial charge in [0.25, 0.3) is 5.91 Å². The number of rotatable bonds is 3. The molecule has 2 amide bonds. The third-order valence-corrected chi connectivity index (χ3v) is 5.94. The number of fused-ring (bicyclic) bond motifs is 1. The summed E-state index contributed by atoms with van der Waals surface area (Å²) >= 11 is 0. The van der Waals surface area contributed by atoms with Crippen molar-refractivity contribution in [3.63, 3.8) is 0 Å². The predicted molar refractivity (Wildman–Crippen MR) is 126 cm³/mol. The number of carbonyl (C=O) groups excluding carboxylic acids is 2. The lowest BCUT2D eigenvalue weighted by atomic mass is 9.90. The van der Waals surface area contributed by atoms with Gasteiger partial charge in [-0.3, -0.25) is 9.59 Å². The standard InChI is InChI=1S/C26H42N2O3/c1-7-27-16-12-8-9-13-17-28(24(29)18-26(4,5)6)22(20(2)3)19-31-23-15-11-10-14-21(23)25(27)30/h10-11,14-15,20,22H,7-9,12-13,16-19H2,1-6H3/t22-/m1/s1. The summed E-state index contributed by atoms with van der Waals surface area (Å²) in [5, 5.41) is 0. The summed E-state index contributed by atoms with van der Waals surface area (Å²) in [6.07, 6.45) is 4.61. The second-order valence-corrected chi connectivity index (χ2v) is 10.2. The van der Waals surface area contributed by atoms with E-state index in [1.165, 1.54) is 0 Å². The summed E-state index contributed by atoms with van der Waals surface area (Å²) in [6, 6.07) is 7.47. The van der Waals surface area contributed by atoms with Crippen molar-refractivity contribution in [1.82, 2.24) is 9.80 Å². The van der Waals surface area contributed by atoms with Gasteiger partial charge in [-0.2, -0.15) is 0 Å². The zero-order chi connectivity index (χ0) is 23.0. The van der Waals surface area contributed by atoms with Crippen molar-refractivity contribution in [3.05, 3.63) is 29.8 Å². The van der Waals surface area contributed by atoms with Crippen molar-refractivity contribution < 1.29 is 14.3 Å². The Morgan fingerprint density at radius 3 is 2.35 bits per heavy atom. The molecule has 1 aliphatic rings. The van der Waals surface area contributed by atoms with Gasteiger partial charge in [0.1, 0.15) is 12.4 Å². The molecule has 1 aliphatic heterocycles. The molecule has 1 atom stereocenters. The van der Waals surface area contributed by atoms with Crippen molar-refractivity contribution in [1.29, 1.82) is 0 Å². The molecule has 0 radical (unpaired) electrons. The van der Waals surface area contributed by atoms with E-state index in [-0.39, 0.29) is 29.2 Å². The molecule has 0 saturated carbocycles. The molecule has 0 saturated heterocycles. The number of amides is 2. The summed E-state index contributed by atoms with van der Waals surface area (Å²) < 4.78 is 6.24. The average Bonchev–Trinajstić information content (AvgIpc) is 2.69. The molecule has 0 spiro atoms. The Kier molecular flexibility index (Phi) is 9.39. The second-order valence-electron chi connectivity index (χ2n) is 10.2.